The van der Waals surface area contributed by atoms with Gasteiger partial charge in [-0.3, -0.25) is 15.1 Å². The van der Waals surface area contributed by atoms with Gasteiger partial charge in [0.2, 0.25) is 0 Å². The average molecular weight is 456 g/mol. The molecule has 4 aromatic rings. The molecule has 0 bridgehead atoms. The van der Waals surface area contributed by atoms with Crippen LogP contribution in [0, 0.1) is 17.0 Å². The van der Waals surface area contributed by atoms with Crippen LogP contribution < -0.4 is 10.2 Å². The van der Waals surface area contributed by atoms with Gasteiger partial charge in [0.25, 0.3) is 5.69 Å². The molecule has 2 atom stereocenters. The van der Waals surface area contributed by atoms with Crippen LogP contribution in [0.1, 0.15) is 29.0 Å². The highest BCUT2D eigenvalue weighted by atomic mass is 32.1. The van der Waals surface area contributed by atoms with Gasteiger partial charge in [0, 0.05) is 35.9 Å². The van der Waals surface area contributed by atoms with Gasteiger partial charge in [-0.25, -0.2) is 0 Å². The van der Waals surface area contributed by atoms with Crippen LogP contribution in [0.15, 0.2) is 91.3 Å². The van der Waals surface area contributed by atoms with E-state index >= 15 is 0 Å². The lowest BCUT2D eigenvalue weighted by Crippen LogP contribution is -2.30. The summed E-state index contributed by atoms with van der Waals surface area (Å²) in [6.45, 7) is 2.05. The van der Waals surface area contributed by atoms with Gasteiger partial charge in [0.05, 0.1) is 22.3 Å². The van der Waals surface area contributed by atoms with Crippen LogP contribution in [0.2, 0.25) is 0 Å². The number of non-ortho nitro benzene ring substituents is 1. The molecule has 0 saturated carbocycles. The highest BCUT2D eigenvalue weighted by Gasteiger charge is 2.42. The molecule has 33 heavy (non-hydrogen) atoms. The van der Waals surface area contributed by atoms with E-state index in [-0.39, 0.29) is 22.7 Å². The second kappa shape index (κ2) is 8.48. The molecule has 1 fully saturated rings. The Bertz CT molecular complexity index is 1320. The van der Waals surface area contributed by atoms with Gasteiger partial charge < -0.3 is 14.8 Å². The minimum atomic E-state index is -0.381. The lowest BCUT2D eigenvalue weighted by Gasteiger charge is -2.29. The maximum absolute atomic E-state index is 11.4. The minimum absolute atomic E-state index is 0.0453. The van der Waals surface area contributed by atoms with Gasteiger partial charge in [-0.2, -0.15) is 0 Å². The molecule has 1 aliphatic rings. The summed E-state index contributed by atoms with van der Waals surface area (Å²) >= 11 is 5.79. The van der Waals surface area contributed by atoms with E-state index in [9.17, 15) is 10.1 Å². The molecule has 164 valence electrons. The smallest absolute Gasteiger partial charge is 0.271 e. The lowest BCUT2D eigenvalue weighted by atomic mass is 10.0. The third kappa shape index (κ3) is 3.85. The molecule has 1 aliphatic heterocycles. The van der Waals surface area contributed by atoms with Crippen LogP contribution in [0.4, 0.5) is 11.4 Å². The molecular weight excluding hydrogens is 434 g/mol. The summed E-state index contributed by atoms with van der Waals surface area (Å²) < 4.78 is 1.98. The van der Waals surface area contributed by atoms with E-state index in [0.29, 0.717) is 10.8 Å². The van der Waals surface area contributed by atoms with Crippen molar-refractivity contribution in [2.75, 3.05) is 4.90 Å². The first kappa shape index (κ1) is 20.8. The summed E-state index contributed by atoms with van der Waals surface area (Å²) in [6, 6.07) is 24.2. The number of nitro groups is 1. The first-order valence-electron chi connectivity index (χ1n) is 10.5. The summed E-state index contributed by atoms with van der Waals surface area (Å²) in [4.78, 5) is 17.7. The van der Waals surface area contributed by atoms with Crippen molar-refractivity contribution in [3.05, 3.63) is 118 Å². The molecule has 2 aromatic carbocycles. The predicted molar refractivity (Wildman–Crippen MR) is 132 cm³/mol. The van der Waals surface area contributed by atoms with Crippen molar-refractivity contribution in [2.45, 2.75) is 19.0 Å². The van der Waals surface area contributed by atoms with Gasteiger partial charge >= 0.3 is 0 Å². The average Bonchev–Trinajstić information content (AvgIpc) is 3.44. The molecule has 0 spiro atoms. The van der Waals surface area contributed by atoms with Crippen LogP contribution in [0.5, 0.6) is 0 Å². The predicted octanol–water partition coefficient (Wildman–Crippen LogP) is 5.27. The fourth-order valence-corrected chi connectivity index (χ4v) is 4.61. The number of anilines is 1. The van der Waals surface area contributed by atoms with Crippen LogP contribution in [-0.4, -0.2) is 19.6 Å². The van der Waals surface area contributed by atoms with E-state index in [2.05, 4.69) is 39.5 Å². The van der Waals surface area contributed by atoms with Crippen LogP contribution >= 0.6 is 12.2 Å². The van der Waals surface area contributed by atoms with E-state index in [0.717, 1.165) is 22.6 Å². The van der Waals surface area contributed by atoms with E-state index in [1.165, 1.54) is 6.07 Å². The number of nitrogens with one attached hydrogen (secondary N) is 1. The van der Waals surface area contributed by atoms with E-state index < -0.39 is 0 Å². The number of nitrogens with zero attached hydrogens (tertiary/aromatic N) is 4. The maximum atomic E-state index is 11.4. The Morgan fingerprint density at radius 3 is 2.55 bits per heavy atom. The number of pyridine rings is 1. The van der Waals surface area contributed by atoms with Crippen molar-refractivity contribution < 1.29 is 4.92 Å². The molecular formula is C25H21N5O2S. The minimum Gasteiger partial charge on any atom is -0.351 e. The first-order valence-corrected chi connectivity index (χ1v) is 10.9. The molecule has 1 N–H and O–H groups in total. The molecule has 8 heteroatoms. The fraction of sp³-hybridized carbons (Fsp3) is 0.120. The molecule has 0 radical (unpaired) electrons. The van der Waals surface area contributed by atoms with Gasteiger partial charge in [0.1, 0.15) is 6.04 Å². The van der Waals surface area contributed by atoms with Gasteiger partial charge in [-0.1, -0.05) is 29.8 Å². The molecule has 0 amide bonds. The summed E-state index contributed by atoms with van der Waals surface area (Å²) in [6.07, 6.45) is 3.68. The monoisotopic (exact) mass is 455 g/mol. The number of rotatable bonds is 5. The second-order valence-electron chi connectivity index (χ2n) is 7.91. The van der Waals surface area contributed by atoms with Crippen LogP contribution in [-0.2, 0) is 0 Å². The third-order valence-corrected chi connectivity index (χ3v) is 6.13. The van der Waals surface area contributed by atoms with Crippen molar-refractivity contribution >= 4 is 28.7 Å². The number of hydrogen-bond acceptors (Lipinski definition) is 4. The first-order chi connectivity index (χ1) is 16.0. The number of thiocarbonyl (C=S) groups is 1. The second-order valence-corrected chi connectivity index (χ2v) is 8.30. The standard InChI is InChI=1S/C25H21N5O2S/c1-17-10-12-18(13-11-17)29-24(23(27-25(29)33)21-8-2-3-14-26-21)22-9-5-15-28(22)19-6-4-7-20(16-19)30(31)32/h2-16,23-24H,1H3,(H,27,33). The normalized spacial score (nSPS) is 17.7. The number of benzene rings is 2. The quantitative estimate of drug-likeness (QED) is 0.251. The summed E-state index contributed by atoms with van der Waals surface area (Å²) in [5.74, 6) is 0. The largest absolute Gasteiger partial charge is 0.351 e. The van der Waals surface area contributed by atoms with Crippen molar-refractivity contribution in [2.24, 2.45) is 0 Å². The van der Waals surface area contributed by atoms with E-state index in [4.69, 9.17) is 12.2 Å². The van der Waals surface area contributed by atoms with E-state index in [1.807, 2.05) is 54.1 Å². The fourth-order valence-electron chi connectivity index (χ4n) is 4.27. The molecule has 5 rings (SSSR count). The van der Waals surface area contributed by atoms with Gasteiger partial charge in [-0.05, 0) is 61.6 Å². The topological polar surface area (TPSA) is 76.2 Å². The Hall–Kier alpha value is -4.04. The van der Waals surface area contributed by atoms with E-state index in [1.54, 1.807) is 18.3 Å². The van der Waals surface area contributed by atoms with Crippen molar-refractivity contribution in [3.63, 3.8) is 0 Å². The Labute approximate surface area is 196 Å². The van der Waals surface area contributed by atoms with Gasteiger partial charge in [-0.15, -0.1) is 0 Å². The Kier molecular flexibility index (Phi) is 5.35. The highest BCUT2D eigenvalue weighted by molar-refractivity contribution is 7.80. The zero-order valence-electron chi connectivity index (χ0n) is 17.8. The summed E-state index contributed by atoms with van der Waals surface area (Å²) in [5, 5.41) is 15.4. The summed E-state index contributed by atoms with van der Waals surface area (Å²) in [5.41, 5.74) is 4.70. The number of aryl methyl sites for hydroxylation is 1. The molecule has 1 saturated heterocycles. The third-order valence-electron chi connectivity index (χ3n) is 5.81. The van der Waals surface area contributed by atoms with Crippen LogP contribution in [0.25, 0.3) is 5.69 Å². The zero-order chi connectivity index (χ0) is 22.9. The summed E-state index contributed by atoms with van der Waals surface area (Å²) in [7, 11) is 0. The van der Waals surface area contributed by atoms with Gasteiger partial charge in [0.15, 0.2) is 5.11 Å². The molecule has 2 aromatic heterocycles. The van der Waals surface area contributed by atoms with Crippen molar-refractivity contribution in [1.29, 1.82) is 0 Å². The van der Waals surface area contributed by atoms with Crippen molar-refractivity contribution in [3.8, 4) is 5.69 Å². The zero-order valence-corrected chi connectivity index (χ0v) is 18.6. The van der Waals surface area contributed by atoms with Crippen LogP contribution in [0.3, 0.4) is 0 Å². The molecule has 2 unspecified atom stereocenters. The molecule has 0 aliphatic carbocycles. The number of aromatic nitrogens is 2. The number of hydrogen-bond donors (Lipinski definition) is 1. The maximum Gasteiger partial charge on any atom is 0.271 e. The van der Waals surface area contributed by atoms with Crippen molar-refractivity contribution in [1.82, 2.24) is 14.9 Å². The Balaban J connectivity index is 1.66. The lowest BCUT2D eigenvalue weighted by molar-refractivity contribution is -0.384. The number of nitro benzene ring substituents is 1. The SMILES string of the molecule is Cc1ccc(N2C(=S)NC(c3ccccn3)C2c2cccn2-c2cccc([N+](=O)[O-])c2)cc1. The highest BCUT2D eigenvalue weighted by Crippen LogP contribution is 2.42. The Morgan fingerprint density at radius 2 is 1.82 bits per heavy atom. The molecule has 7 nitrogen and oxygen atoms in total. The Morgan fingerprint density at radius 1 is 1.00 bits per heavy atom. The molecule has 3 heterocycles.